The predicted molar refractivity (Wildman–Crippen MR) is 91.5 cm³/mol. The molecule has 3 aromatic rings. The van der Waals surface area contributed by atoms with Crippen LogP contribution in [0.25, 0.3) is 5.82 Å². The monoisotopic (exact) mass is 356 g/mol. The molecule has 4 heteroatoms. The molecule has 2 aromatic heterocycles. The zero-order chi connectivity index (χ0) is 15.5. The second kappa shape index (κ2) is 6.36. The lowest BCUT2D eigenvalue weighted by Crippen LogP contribution is -2.03. The molecule has 0 saturated heterocycles. The van der Waals surface area contributed by atoms with Gasteiger partial charge in [0.15, 0.2) is 5.82 Å². The highest BCUT2D eigenvalue weighted by molar-refractivity contribution is 9.10. The lowest BCUT2D eigenvalue weighted by molar-refractivity contribution is 0.304. The SMILES string of the molecule is Cc1ccc(C)n1-c1ncc(OCc2ccccc2)cc1Br. The van der Waals surface area contributed by atoms with Crippen molar-refractivity contribution < 1.29 is 4.74 Å². The first-order valence-electron chi connectivity index (χ1n) is 7.13. The highest BCUT2D eigenvalue weighted by Gasteiger charge is 2.10. The number of benzene rings is 1. The van der Waals surface area contributed by atoms with E-state index in [2.05, 4.69) is 51.5 Å². The van der Waals surface area contributed by atoms with Gasteiger partial charge in [0.25, 0.3) is 0 Å². The second-order valence-electron chi connectivity index (χ2n) is 5.20. The fourth-order valence-corrected chi connectivity index (χ4v) is 2.91. The molecular weight excluding hydrogens is 340 g/mol. The van der Waals surface area contributed by atoms with Crippen LogP contribution in [0.5, 0.6) is 5.75 Å². The molecule has 0 unspecified atom stereocenters. The molecule has 22 heavy (non-hydrogen) atoms. The Morgan fingerprint density at radius 3 is 2.36 bits per heavy atom. The number of aromatic nitrogens is 2. The van der Waals surface area contributed by atoms with Gasteiger partial charge >= 0.3 is 0 Å². The van der Waals surface area contributed by atoms with Crippen LogP contribution in [0.3, 0.4) is 0 Å². The molecule has 1 aromatic carbocycles. The van der Waals surface area contributed by atoms with Gasteiger partial charge in [0.2, 0.25) is 0 Å². The molecule has 2 heterocycles. The molecule has 0 aliphatic carbocycles. The molecule has 0 spiro atoms. The maximum Gasteiger partial charge on any atom is 0.151 e. The van der Waals surface area contributed by atoms with Gasteiger partial charge in [-0.25, -0.2) is 4.98 Å². The number of ether oxygens (including phenoxy) is 1. The Morgan fingerprint density at radius 2 is 1.73 bits per heavy atom. The van der Waals surface area contributed by atoms with Crippen molar-refractivity contribution in [2.24, 2.45) is 0 Å². The van der Waals surface area contributed by atoms with E-state index in [1.54, 1.807) is 6.20 Å². The minimum Gasteiger partial charge on any atom is -0.487 e. The summed E-state index contributed by atoms with van der Waals surface area (Å²) in [5.74, 6) is 1.63. The first kappa shape index (κ1) is 14.9. The number of rotatable bonds is 4. The number of hydrogen-bond donors (Lipinski definition) is 0. The van der Waals surface area contributed by atoms with E-state index < -0.39 is 0 Å². The molecule has 0 amide bonds. The van der Waals surface area contributed by atoms with Crippen molar-refractivity contribution in [1.29, 1.82) is 0 Å². The van der Waals surface area contributed by atoms with E-state index in [-0.39, 0.29) is 0 Å². The summed E-state index contributed by atoms with van der Waals surface area (Å²) >= 11 is 3.60. The van der Waals surface area contributed by atoms with Crippen LogP contribution in [0.4, 0.5) is 0 Å². The fourth-order valence-electron chi connectivity index (χ4n) is 2.40. The Hall–Kier alpha value is -2.07. The molecule has 0 N–H and O–H groups in total. The van der Waals surface area contributed by atoms with Crippen molar-refractivity contribution in [3.8, 4) is 11.6 Å². The number of pyridine rings is 1. The maximum atomic E-state index is 5.80. The summed E-state index contributed by atoms with van der Waals surface area (Å²) in [6.45, 7) is 4.68. The number of hydrogen-bond acceptors (Lipinski definition) is 2. The third-order valence-electron chi connectivity index (χ3n) is 3.53. The quantitative estimate of drug-likeness (QED) is 0.669. The van der Waals surface area contributed by atoms with Gasteiger partial charge in [0, 0.05) is 11.4 Å². The van der Waals surface area contributed by atoms with Crippen molar-refractivity contribution in [1.82, 2.24) is 9.55 Å². The van der Waals surface area contributed by atoms with Crippen LogP contribution in [-0.4, -0.2) is 9.55 Å². The van der Waals surface area contributed by atoms with E-state index in [1.807, 2.05) is 36.4 Å². The van der Waals surface area contributed by atoms with Crippen LogP contribution >= 0.6 is 15.9 Å². The van der Waals surface area contributed by atoms with Crippen molar-refractivity contribution in [2.45, 2.75) is 20.5 Å². The number of nitrogens with zero attached hydrogens (tertiary/aromatic N) is 2. The summed E-state index contributed by atoms with van der Waals surface area (Å²) in [4.78, 5) is 4.55. The van der Waals surface area contributed by atoms with Gasteiger partial charge in [-0.1, -0.05) is 30.3 Å². The smallest absolute Gasteiger partial charge is 0.151 e. The third-order valence-corrected chi connectivity index (χ3v) is 4.11. The van der Waals surface area contributed by atoms with Crippen molar-refractivity contribution in [3.63, 3.8) is 0 Å². The Bertz CT molecular complexity index is 762. The van der Waals surface area contributed by atoms with Crippen LogP contribution in [0.1, 0.15) is 17.0 Å². The molecule has 3 rings (SSSR count). The molecule has 0 aliphatic rings. The first-order valence-corrected chi connectivity index (χ1v) is 7.92. The molecule has 0 atom stereocenters. The summed E-state index contributed by atoms with van der Waals surface area (Å²) in [5, 5.41) is 0. The number of halogens is 1. The van der Waals surface area contributed by atoms with Gasteiger partial charge in [0.05, 0.1) is 10.7 Å². The number of aryl methyl sites for hydroxylation is 2. The molecule has 0 fully saturated rings. The summed E-state index contributed by atoms with van der Waals surface area (Å²) in [7, 11) is 0. The van der Waals surface area contributed by atoms with Crippen molar-refractivity contribution in [2.75, 3.05) is 0 Å². The van der Waals surface area contributed by atoms with Crippen LogP contribution < -0.4 is 4.74 Å². The van der Waals surface area contributed by atoms with E-state index in [4.69, 9.17) is 4.74 Å². The average molecular weight is 357 g/mol. The summed E-state index contributed by atoms with van der Waals surface area (Å²) in [5.41, 5.74) is 3.45. The molecule has 3 nitrogen and oxygen atoms in total. The third kappa shape index (κ3) is 3.07. The van der Waals surface area contributed by atoms with Crippen molar-refractivity contribution >= 4 is 15.9 Å². The lowest BCUT2D eigenvalue weighted by Gasteiger charge is -2.12. The summed E-state index contributed by atoms with van der Waals surface area (Å²) in [6.07, 6.45) is 1.77. The highest BCUT2D eigenvalue weighted by atomic mass is 79.9. The minimum absolute atomic E-state index is 0.538. The van der Waals surface area contributed by atoms with E-state index in [9.17, 15) is 0 Å². The van der Waals surface area contributed by atoms with Gasteiger partial charge in [-0.2, -0.15) is 0 Å². The highest BCUT2D eigenvalue weighted by Crippen LogP contribution is 2.26. The normalized spacial score (nSPS) is 10.7. The zero-order valence-corrected chi connectivity index (χ0v) is 14.2. The molecule has 0 aliphatic heterocycles. The molecular formula is C18H17BrN2O. The van der Waals surface area contributed by atoms with Gasteiger partial charge < -0.3 is 9.30 Å². The first-order chi connectivity index (χ1) is 10.6. The average Bonchev–Trinajstić information content (AvgIpc) is 2.86. The van der Waals surface area contributed by atoms with Gasteiger partial charge in [-0.15, -0.1) is 0 Å². The van der Waals surface area contributed by atoms with Gasteiger partial charge in [-0.3, -0.25) is 0 Å². The maximum absolute atomic E-state index is 5.80. The largest absolute Gasteiger partial charge is 0.487 e. The van der Waals surface area contributed by atoms with E-state index in [0.29, 0.717) is 6.61 Å². The van der Waals surface area contributed by atoms with Gasteiger partial charge in [0.1, 0.15) is 12.4 Å². The fraction of sp³-hybridized carbons (Fsp3) is 0.167. The van der Waals surface area contributed by atoms with Crippen LogP contribution in [0.2, 0.25) is 0 Å². The Morgan fingerprint density at radius 1 is 1.05 bits per heavy atom. The van der Waals surface area contributed by atoms with E-state index in [1.165, 1.54) is 0 Å². The summed E-state index contributed by atoms with van der Waals surface area (Å²) < 4.78 is 8.84. The second-order valence-corrected chi connectivity index (χ2v) is 6.06. The Balaban J connectivity index is 1.81. The minimum atomic E-state index is 0.538. The van der Waals surface area contributed by atoms with Gasteiger partial charge in [-0.05, 0) is 53.5 Å². The molecule has 0 bridgehead atoms. The van der Waals surface area contributed by atoms with Crippen LogP contribution in [0, 0.1) is 13.8 Å². The molecule has 112 valence electrons. The van der Waals surface area contributed by atoms with Crippen LogP contribution in [-0.2, 0) is 6.61 Å². The zero-order valence-electron chi connectivity index (χ0n) is 12.6. The summed E-state index contributed by atoms with van der Waals surface area (Å²) in [6, 6.07) is 16.2. The van der Waals surface area contributed by atoms with E-state index in [0.717, 1.165) is 33.0 Å². The Labute approximate surface area is 138 Å². The standard InChI is InChI=1S/C18H17BrN2O/c1-13-8-9-14(2)21(13)18-17(19)10-16(11-20-18)22-12-15-6-4-3-5-7-15/h3-11H,12H2,1-2H3. The Kier molecular flexibility index (Phi) is 4.29. The predicted octanol–water partition coefficient (Wildman–Crippen LogP) is 4.83. The van der Waals surface area contributed by atoms with Crippen molar-refractivity contribution in [3.05, 3.63) is 76.2 Å². The lowest BCUT2D eigenvalue weighted by atomic mass is 10.2. The topological polar surface area (TPSA) is 27.1 Å². The van der Waals surface area contributed by atoms with Crippen LogP contribution in [0.15, 0.2) is 59.2 Å². The van der Waals surface area contributed by atoms with E-state index >= 15 is 0 Å². The molecule has 0 saturated carbocycles. The molecule has 0 radical (unpaired) electrons.